The summed E-state index contributed by atoms with van der Waals surface area (Å²) in [6.45, 7) is 4.04. The van der Waals surface area contributed by atoms with E-state index in [0.717, 1.165) is 26.2 Å². The highest BCUT2D eigenvalue weighted by atomic mass is 16.2. The summed E-state index contributed by atoms with van der Waals surface area (Å²) < 4.78 is 0. The van der Waals surface area contributed by atoms with E-state index in [4.69, 9.17) is 0 Å². The van der Waals surface area contributed by atoms with Gasteiger partial charge >= 0.3 is 0 Å². The van der Waals surface area contributed by atoms with Crippen molar-refractivity contribution in [3.63, 3.8) is 0 Å². The standard InChI is InChI=1S/C17H25N3O/c21-17(14-18-15-6-4-5-7-15)20-12-10-19(11-13-20)16-8-2-1-3-9-16/h1-3,8-9,15,18H,4-7,10-14H2. The van der Waals surface area contributed by atoms with Gasteiger partial charge in [0.15, 0.2) is 0 Å². The summed E-state index contributed by atoms with van der Waals surface area (Å²) in [5.41, 5.74) is 1.26. The molecule has 0 spiro atoms. The summed E-state index contributed by atoms with van der Waals surface area (Å²) in [4.78, 5) is 16.6. The van der Waals surface area contributed by atoms with E-state index >= 15 is 0 Å². The van der Waals surface area contributed by atoms with Crippen molar-refractivity contribution in [3.8, 4) is 0 Å². The van der Waals surface area contributed by atoms with E-state index in [1.54, 1.807) is 0 Å². The van der Waals surface area contributed by atoms with E-state index in [2.05, 4.69) is 34.5 Å². The van der Waals surface area contributed by atoms with Crippen molar-refractivity contribution in [2.75, 3.05) is 37.6 Å². The van der Waals surface area contributed by atoms with Gasteiger partial charge < -0.3 is 15.1 Å². The maximum atomic E-state index is 12.2. The number of nitrogens with zero attached hydrogens (tertiary/aromatic N) is 2. The molecule has 1 aromatic carbocycles. The fraction of sp³-hybridized carbons (Fsp3) is 0.588. The first-order valence-electron chi connectivity index (χ1n) is 8.14. The Hall–Kier alpha value is -1.55. The van der Waals surface area contributed by atoms with Gasteiger partial charge in [0.2, 0.25) is 5.91 Å². The lowest BCUT2D eigenvalue weighted by Gasteiger charge is -2.36. The van der Waals surface area contributed by atoms with E-state index < -0.39 is 0 Å². The van der Waals surface area contributed by atoms with Gasteiger partial charge in [-0.25, -0.2) is 0 Å². The molecule has 0 radical (unpaired) electrons. The van der Waals surface area contributed by atoms with Crippen molar-refractivity contribution in [2.24, 2.45) is 0 Å². The molecular weight excluding hydrogens is 262 g/mol. The zero-order valence-corrected chi connectivity index (χ0v) is 12.6. The minimum absolute atomic E-state index is 0.259. The summed E-state index contributed by atoms with van der Waals surface area (Å²) >= 11 is 0. The van der Waals surface area contributed by atoms with Crippen molar-refractivity contribution in [3.05, 3.63) is 30.3 Å². The number of rotatable bonds is 4. The van der Waals surface area contributed by atoms with Crippen molar-refractivity contribution in [1.29, 1.82) is 0 Å². The number of hydrogen-bond acceptors (Lipinski definition) is 3. The normalized spacial score (nSPS) is 20.0. The molecule has 4 nitrogen and oxygen atoms in total. The predicted molar refractivity (Wildman–Crippen MR) is 85.5 cm³/mol. The average Bonchev–Trinajstić information content (AvgIpc) is 3.07. The number of amides is 1. The molecule has 1 aliphatic carbocycles. The number of anilines is 1. The van der Waals surface area contributed by atoms with Crippen LogP contribution in [0.5, 0.6) is 0 Å². The second-order valence-electron chi connectivity index (χ2n) is 6.07. The summed E-state index contributed by atoms with van der Waals surface area (Å²) in [7, 11) is 0. The molecule has 1 N–H and O–H groups in total. The van der Waals surface area contributed by atoms with Crippen LogP contribution >= 0.6 is 0 Å². The van der Waals surface area contributed by atoms with Crippen LogP contribution in [0.25, 0.3) is 0 Å². The number of para-hydroxylation sites is 1. The van der Waals surface area contributed by atoms with Gasteiger partial charge in [0.1, 0.15) is 0 Å². The van der Waals surface area contributed by atoms with Gasteiger partial charge in [-0.3, -0.25) is 4.79 Å². The molecule has 21 heavy (non-hydrogen) atoms. The number of hydrogen-bond donors (Lipinski definition) is 1. The van der Waals surface area contributed by atoms with Crippen LogP contribution in [0.3, 0.4) is 0 Å². The Morgan fingerprint density at radius 1 is 1.05 bits per heavy atom. The van der Waals surface area contributed by atoms with Crippen molar-refractivity contribution in [1.82, 2.24) is 10.2 Å². The molecule has 1 saturated carbocycles. The van der Waals surface area contributed by atoms with Gasteiger partial charge in [-0.05, 0) is 25.0 Å². The molecular formula is C17H25N3O. The van der Waals surface area contributed by atoms with Crippen LogP contribution < -0.4 is 10.2 Å². The summed E-state index contributed by atoms with van der Waals surface area (Å²) in [6, 6.07) is 11.0. The molecule has 4 heteroatoms. The first kappa shape index (κ1) is 14.4. The van der Waals surface area contributed by atoms with Crippen LogP contribution in [-0.4, -0.2) is 49.6 Å². The third-order valence-electron chi connectivity index (χ3n) is 4.65. The zero-order valence-electron chi connectivity index (χ0n) is 12.6. The number of piperazine rings is 1. The SMILES string of the molecule is O=C(CNC1CCCC1)N1CCN(c2ccccc2)CC1. The monoisotopic (exact) mass is 287 g/mol. The van der Waals surface area contributed by atoms with E-state index in [0.29, 0.717) is 12.6 Å². The predicted octanol–water partition coefficient (Wildman–Crippen LogP) is 1.87. The molecule has 0 atom stereocenters. The van der Waals surface area contributed by atoms with Crippen LogP contribution in [0.4, 0.5) is 5.69 Å². The highest BCUT2D eigenvalue weighted by Crippen LogP contribution is 2.18. The summed E-state index contributed by atoms with van der Waals surface area (Å²) in [5, 5.41) is 3.42. The van der Waals surface area contributed by atoms with E-state index in [1.165, 1.54) is 31.4 Å². The lowest BCUT2D eigenvalue weighted by Crippen LogP contribution is -2.51. The number of carbonyl (C=O) groups is 1. The molecule has 1 amide bonds. The molecule has 2 fully saturated rings. The van der Waals surface area contributed by atoms with E-state index in [-0.39, 0.29) is 5.91 Å². The van der Waals surface area contributed by atoms with Crippen LogP contribution in [0.2, 0.25) is 0 Å². The first-order valence-corrected chi connectivity index (χ1v) is 8.14. The minimum atomic E-state index is 0.259. The van der Waals surface area contributed by atoms with Gasteiger partial charge in [0.25, 0.3) is 0 Å². The Morgan fingerprint density at radius 2 is 1.71 bits per heavy atom. The van der Waals surface area contributed by atoms with Gasteiger partial charge in [0.05, 0.1) is 6.54 Å². The average molecular weight is 287 g/mol. The van der Waals surface area contributed by atoms with E-state index in [1.807, 2.05) is 11.0 Å². The largest absolute Gasteiger partial charge is 0.368 e. The van der Waals surface area contributed by atoms with Gasteiger partial charge in [-0.2, -0.15) is 0 Å². The van der Waals surface area contributed by atoms with Gasteiger partial charge in [-0.15, -0.1) is 0 Å². The Kier molecular flexibility index (Phi) is 4.76. The molecule has 0 aromatic heterocycles. The molecule has 114 valence electrons. The number of nitrogens with one attached hydrogen (secondary N) is 1. The van der Waals surface area contributed by atoms with Crippen LogP contribution in [0.15, 0.2) is 30.3 Å². The Morgan fingerprint density at radius 3 is 2.38 bits per heavy atom. The maximum Gasteiger partial charge on any atom is 0.236 e. The van der Waals surface area contributed by atoms with Crippen molar-refractivity contribution in [2.45, 2.75) is 31.7 Å². The molecule has 1 aliphatic heterocycles. The summed E-state index contributed by atoms with van der Waals surface area (Å²) in [5.74, 6) is 0.259. The smallest absolute Gasteiger partial charge is 0.236 e. The Bertz CT molecular complexity index is 448. The maximum absolute atomic E-state index is 12.2. The third-order valence-corrected chi connectivity index (χ3v) is 4.65. The topological polar surface area (TPSA) is 35.6 Å². The second kappa shape index (κ2) is 6.94. The highest BCUT2D eigenvalue weighted by molar-refractivity contribution is 5.78. The van der Waals surface area contributed by atoms with Gasteiger partial charge in [-0.1, -0.05) is 31.0 Å². The van der Waals surface area contributed by atoms with Crippen molar-refractivity contribution >= 4 is 11.6 Å². The Balaban J connectivity index is 1.43. The van der Waals surface area contributed by atoms with E-state index in [9.17, 15) is 4.79 Å². The molecule has 3 rings (SSSR count). The molecule has 2 aliphatic rings. The summed E-state index contributed by atoms with van der Waals surface area (Å²) in [6.07, 6.45) is 5.08. The van der Waals surface area contributed by atoms with Crippen LogP contribution in [0.1, 0.15) is 25.7 Å². The lowest BCUT2D eigenvalue weighted by molar-refractivity contribution is -0.130. The Labute approximate surface area is 127 Å². The van der Waals surface area contributed by atoms with Crippen molar-refractivity contribution < 1.29 is 4.79 Å². The lowest BCUT2D eigenvalue weighted by atomic mass is 10.2. The highest BCUT2D eigenvalue weighted by Gasteiger charge is 2.22. The molecule has 1 heterocycles. The first-order chi connectivity index (χ1) is 10.3. The zero-order chi connectivity index (χ0) is 14.5. The minimum Gasteiger partial charge on any atom is -0.368 e. The molecule has 1 aromatic rings. The fourth-order valence-corrected chi connectivity index (χ4v) is 3.33. The second-order valence-corrected chi connectivity index (χ2v) is 6.07. The third kappa shape index (κ3) is 3.76. The molecule has 0 unspecified atom stereocenters. The molecule has 0 bridgehead atoms. The van der Waals surface area contributed by atoms with Crippen LogP contribution in [-0.2, 0) is 4.79 Å². The fourth-order valence-electron chi connectivity index (χ4n) is 3.33. The van der Waals surface area contributed by atoms with Gasteiger partial charge in [0, 0.05) is 37.9 Å². The quantitative estimate of drug-likeness (QED) is 0.918. The number of benzene rings is 1. The van der Waals surface area contributed by atoms with Crippen LogP contribution in [0, 0.1) is 0 Å². The molecule has 1 saturated heterocycles. The number of carbonyl (C=O) groups excluding carboxylic acids is 1.